The molecule has 0 radical (unpaired) electrons. The second kappa shape index (κ2) is 23.6. The van der Waals surface area contributed by atoms with E-state index in [4.69, 9.17) is 12.2 Å². The molecule has 1 aromatic rings. The van der Waals surface area contributed by atoms with Crippen molar-refractivity contribution in [2.24, 2.45) is 5.92 Å². The summed E-state index contributed by atoms with van der Waals surface area (Å²) in [6.45, 7) is 6.74. The molecule has 2 heteroatoms. The van der Waals surface area contributed by atoms with E-state index in [0.717, 1.165) is 36.1 Å². The van der Waals surface area contributed by atoms with Crippen molar-refractivity contribution in [1.82, 2.24) is 0 Å². The standard InChI is InChI=1S/C40H62OS/c1-4-7-8-9-10-11-12-13-14-15-16-17-18-19-20-21-25-29-36(6-3)38(32-35-27-23-22-24-28-35)40(42)37-31-30-34(26-5-2)33-39(37)41/h22-24,27-28,30-32,36H,4-21,25-26,29,33H2,1-3H3. The lowest BCUT2D eigenvalue weighted by atomic mass is 9.82. The highest BCUT2D eigenvalue weighted by Crippen LogP contribution is 2.31. The van der Waals surface area contributed by atoms with Gasteiger partial charge in [-0.2, -0.15) is 0 Å². The number of ketones is 1. The summed E-state index contributed by atoms with van der Waals surface area (Å²) < 4.78 is 0. The predicted molar refractivity (Wildman–Crippen MR) is 190 cm³/mol. The minimum absolute atomic E-state index is 0.192. The molecule has 234 valence electrons. The Hall–Kier alpha value is -1.80. The van der Waals surface area contributed by atoms with Crippen molar-refractivity contribution < 1.29 is 4.79 Å². The van der Waals surface area contributed by atoms with Crippen LogP contribution < -0.4 is 0 Å². The Morgan fingerprint density at radius 2 is 1.24 bits per heavy atom. The lowest BCUT2D eigenvalue weighted by Crippen LogP contribution is -2.20. The molecule has 1 aliphatic carbocycles. The number of rotatable bonds is 25. The summed E-state index contributed by atoms with van der Waals surface area (Å²) in [5, 5.41) is 0. The van der Waals surface area contributed by atoms with Crippen LogP contribution in [0.15, 0.2) is 59.2 Å². The van der Waals surface area contributed by atoms with Gasteiger partial charge in [-0.25, -0.2) is 0 Å². The first kappa shape index (κ1) is 36.4. The third-order valence-corrected chi connectivity index (χ3v) is 9.42. The van der Waals surface area contributed by atoms with Gasteiger partial charge in [-0.3, -0.25) is 4.79 Å². The summed E-state index contributed by atoms with van der Waals surface area (Å²) >= 11 is 6.05. The maximum absolute atomic E-state index is 13.1. The van der Waals surface area contributed by atoms with Crippen LogP contribution in [0, 0.1) is 5.92 Å². The molecular formula is C40H62OS. The number of allylic oxidation sites excluding steroid dienone is 5. The molecule has 0 fully saturated rings. The maximum Gasteiger partial charge on any atom is 0.168 e. The molecule has 1 nitrogen and oxygen atoms in total. The van der Waals surface area contributed by atoms with Gasteiger partial charge < -0.3 is 0 Å². The number of unbranched alkanes of at least 4 members (excludes halogenated alkanes) is 16. The molecule has 1 aromatic carbocycles. The van der Waals surface area contributed by atoms with E-state index in [1.165, 1.54) is 126 Å². The van der Waals surface area contributed by atoms with Gasteiger partial charge in [-0.05, 0) is 42.4 Å². The Morgan fingerprint density at radius 1 is 0.714 bits per heavy atom. The van der Waals surface area contributed by atoms with Crippen molar-refractivity contribution in [2.45, 2.75) is 162 Å². The van der Waals surface area contributed by atoms with E-state index in [2.05, 4.69) is 63.3 Å². The Bertz CT molecular complexity index is 967. The minimum Gasteiger partial charge on any atom is -0.294 e. The fraction of sp³-hybridized carbons (Fsp3) is 0.650. The molecule has 0 aliphatic heterocycles. The van der Waals surface area contributed by atoms with Crippen molar-refractivity contribution in [1.29, 1.82) is 0 Å². The van der Waals surface area contributed by atoms with E-state index >= 15 is 0 Å². The molecule has 0 bridgehead atoms. The Balaban J connectivity index is 1.73. The van der Waals surface area contributed by atoms with Crippen molar-refractivity contribution >= 4 is 28.9 Å². The van der Waals surface area contributed by atoms with Crippen LogP contribution in [0.2, 0.25) is 0 Å². The zero-order valence-corrected chi connectivity index (χ0v) is 28.4. The maximum atomic E-state index is 13.1. The van der Waals surface area contributed by atoms with Crippen LogP contribution in [-0.4, -0.2) is 10.6 Å². The summed E-state index contributed by atoms with van der Waals surface area (Å²) in [4.78, 5) is 13.9. The quantitative estimate of drug-likeness (QED) is 0.0640. The number of hydrogen-bond donors (Lipinski definition) is 0. The summed E-state index contributed by atoms with van der Waals surface area (Å²) in [5.41, 5.74) is 4.33. The van der Waals surface area contributed by atoms with Gasteiger partial charge in [0.1, 0.15) is 0 Å². The monoisotopic (exact) mass is 590 g/mol. The lowest BCUT2D eigenvalue weighted by molar-refractivity contribution is -0.114. The van der Waals surface area contributed by atoms with Crippen LogP contribution in [0.5, 0.6) is 0 Å². The molecule has 0 saturated heterocycles. The lowest BCUT2D eigenvalue weighted by Gasteiger charge is -2.23. The smallest absolute Gasteiger partial charge is 0.168 e. The van der Waals surface area contributed by atoms with Crippen LogP contribution in [0.1, 0.15) is 168 Å². The molecular weight excluding hydrogens is 529 g/mol. The van der Waals surface area contributed by atoms with Crippen LogP contribution in [0.3, 0.4) is 0 Å². The third kappa shape index (κ3) is 15.1. The van der Waals surface area contributed by atoms with Crippen LogP contribution in [0.4, 0.5) is 0 Å². The normalized spacial score (nSPS) is 14.5. The van der Waals surface area contributed by atoms with E-state index < -0.39 is 0 Å². The van der Waals surface area contributed by atoms with Gasteiger partial charge in [0.05, 0.1) is 4.86 Å². The number of Topliss-reactive ketones (excluding diaryl/α,β-unsaturated/α-hetero) is 1. The molecule has 0 aromatic heterocycles. The third-order valence-electron chi connectivity index (χ3n) is 8.96. The van der Waals surface area contributed by atoms with Gasteiger partial charge in [0.2, 0.25) is 0 Å². The molecule has 0 saturated carbocycles. The summed E-state index contributed by atoms with van der Waals surface area (Å²) in [5.74, 6) is 0.585. The van der Waals surface area contributed by atoms with E-state index in [1.807, 2.05) is 6.08 Å². The molecule has 42 heavy (non-hydrogen) atoms. The summed E-state index contributed by atoms with van der Waals surface area (Å²) in [6, 6.07) is 10.5. The Labute approximate surface area is 265 Å². The minimum atomic E-state index is 0.192. The molecule has 0 amide bonds. The first-order valence-corrected chi connectivity index (χ1v) is 18.3. The summed E-state index contributed by atoms with van der Waals surface area (Å²) in [7, 11) is 0. The van der Waals surface area contributed by atoms with E-state index in [0.29, 0.717) is 12.3 Å². The van der Waals surface area contributed by atoms with Gasteiger partial charge in [0, 0.05) is 12.0 Å². The second-order valence-corrected chi connectivity index (χ2v) is 13.1. The largest absolute Gasteiger partial charge is 0.294 e. The van der Waals surface area contributed by atoms with E-state index in [9.17, 15) is 4.79 Å². The molecule has 1 aliphatic rings. The SMILES string of the molecule is CCCCCCCCCCCCCCCCCCCC(CC)C(=Cc1ccccc1)C(=S)C1=CC=C(CCC)CC1=O. The van der Waals surface area contributed by atoms with Gasteiger partial charge in [0.25, 0.3) is 0 Å². The van der Waals surface area contributed by atoms with Gasteiger partial charge in [0.15, 0.2) is 5.78 Å². The zero-order valence-electron chi connectivity index (χ0n) is 27.6. The van der Waals surface area contributed by atoms with Gasteiger partial charge in [-0.1, -0.05) is 197 Å². The fourth-order valence-corrected chi connectivity index (χ4v) is 6.71. The molecule has 2 rings (SSSR count). The highest BCUT2D eigenvalue weighted by molar-refractivity contribution is 7.81. The number of carbonyl (C=O) groups excluding carboxylic acids is 1. The van der Waals surface area contributed by atoms with Gasteiger partial charge in [-0.15, -0.1) is 0 Å². The van der Waals surface area contributed by atoms with E-state index in [-0.39, 0.29) is 5.78 Å². The molecule has 0 heterocycles. The average Bonchev–Trinajstić information content (AvgIpc) is 3.00. The average molecular weight is 591 g/mol. The van der Waals surface area contributed by atoms with Crippen molar-refractivity contribution in [3.05, 3.63) is 64.8 Å². The topological polar surface area (TPSA) is 17.1 Å². The fourth-order valence-electron chi connectivity index (χ4n) is 6.30. The van der Waals surface area contributed by atoms with Crippen molar-refractivity contribution in [3.63, 3.8) is 0 Å². The molecule has 0 spiro atoms. The molecule has 0 N–H and O–H groups in total. The Kier molecular flexibility index (Phi) is 20.5. The first-order chi connectivity index (χ1) is 20.6. The van der Waals surface area contributed by atoms with Crippen molar-refractivity contribution in [3.8, 4) is 0 Å². The first-order valence-electron chi connectivity index (χ1n) is 17.8. The van der Waals surface area contributed by atoms with Crippen LogP contribution in [-0.2, 0) is 4.79 Å². The Morgan fingerprint density at radius 3 is 1.71 bits per heavy atom. The number of hydrogen-bond acceptors (Lipinski definition) is 2. The highest BCUT2D eigenvalue weighted by Gasteiger charge is 2.25. The van der Waals surface area contributed by atoms with Crippen LogP contribution >= 0.6 is 12.2 Å². The zero-order chi connectivity index (χ0) is 30.3. The van der Waals surface area contributed by atoms with Crippen LogP contribution in [0.25, 0.3) is 6.08 Å². The predicted octanol–water partition coefficient (Wildman–Crippen LogP) is 13.1. The summed E-state index contributed by atoms with van der Waals surface area (Å²) in [6.07, 6.45) is 34.9. The number of thiocarbonyl (C=S) groups is 1. The number of benzene rings is 1. The molecule has 1 unspecified atom stereocenters. The second-order valence-electron chi connectivity index (χ2n) is 12.6. The molecule has 1 atom stereocenters. The van der Waals surface area contributed by atoms with Crippen molar-refractivity contribution in [2.75, 3.05) is 0 Å². The van der Waals surface area contributed by atoms with Gasteiger partial charge >= 0.3 is 0 Å². The number of carbonyl (C=O) groups is 1. The van der Waals surface area contributed by atoms with E-state index in [1.54, 1.807) is 0 Å². The highest BCUT2D eigenvalue weighted by atomic mass is 32.1.